The molecule has 0 bridgehead atoms. The smallest absolute Gasteiger partial charge is 0.224 e. The number of rotatable bonds is 5. The monoisotopic (exact) mass is 320 g/mol. The summed E-state index contributed by atoms with van der Waals surface area (Å²) in [4.78, 5) is 8.65. The number of hydrogen-bond donors (Lipinski definition) is 2. The Hall–Kier alpha value is -1.62. The molecule has 2 aromatic rings. The zero-order chi connectivity index (χ0) is 13.7. The summed E-state index contributed by atoms with van der Waals surface area (Å²) in [6.45, 7) is 4.93. The van der Waals surface area contributed by atoms with Gasteiger partial charge < -0.3 is 10.6 Å². The van der Waals surface area contributed by atoms with Gasteiger partial charge in [0.15, 0.2) is 0 Å². The van der Waals surface area contributed by atoms with E-state index in [1.54, 1.807) is 6.20 Å². The third kappa shape index (κ3) is 3.67. The van der Waals surface area contributed by atoms with E-state index in [0.717, 1.165) is 16.8 Å². The SMILES string of the molecule is CCNc1ncc(Br)c(NC(C)c2ccccc2)n1. The molecule has 0 amide bonds. The van der Waals surface area contributed by atoms with Crippen LogP contribution in [0.5, 0.6) is 0 Å². The average Bonchev–Trinajstić information content (AvgIpc) is 2.44. The summed E-state index contributed by atoms with van der Waals surface area (Å²) in [5.74, 6) is 1.43. The van der Waals surface area contributed by atoms with Crippen LogP contribution < -0.4 is 10.6 Å². The van der Waals surface area contributed by atoms with E-state index in [2.05, 4.69) is 55.6 Å². The first-order valence-corrected chi connectivity index (χ1v) is 7.08. The molecule has 1 aromatic carbocycles. The predicted octanol–water partition coefficient (Wildman–Crippen LogP) is 3.84. The molecule has 0 saturated carbocycles. The van der Waals surface area contributed by atoms with Crippen LogP contribution in [-0.2, 0) is 0 Å². The van der Waals surface area contributed by atoms with Gasteiger partial charge in [-0.1, -0.05) is 30.3 Å². The van der Waals surface area contributed by atoms with Crippen LogP contribution in [0.15, 0.2) is 41.0 Å². The van der Waals surface area contributed by atoms with Crippen LogP contribution in [0.25, 0.3) is 0 Å². The molecule has 1 atom stereocenters. The number of aromatic nitrogens is 2. The van der Waals surface area contributed by atoms with Crippen molar-refractivity contribution in [1.29, 1.82) is 0 Å². The van der Waals surface area contributed by atoms with Crippen molar-refractivity contribution in [2.45, 2.75) is 19.9 Å². The Bertz CT molecular complexity index is 530. The van der Waals surface area contributed by atoms with Gasteiger partial charge in [-0.3, -0.25) is 0 Å². The van der Waals surface area contributed by atoms with Crippen molar-refractivity contribution in [2.24, 2.45) is 0 Å². The molecule has 1 heterocycles. The lowest BCUT2D eigenvalue weighted by atomic mass is 10.1. The van der Waals surface area contributed by atoms with Crippen LogP contribution in [0.2, 0.25) is 0 Å². The van der Waals surface area contributed by atoms with Gasteiger partial charge in [-0.15, -0.1) is 0 Å². The van der Waals surface area contributed by atoms with Crippen molar-refractivity contribution < 1.29 is 0 Å². The third-order valence-electron chi connectivity index (χ3n) is 2.73. The molecule has 5 heteroatoms. The van der Waals surface area contributed by atoms with Gasteiger partial charge >= 0.3 is 0 Å². The summed E-state index contributed by atoms with van der Waals surface area (Å²) >= 11 is 3.47. The molecule has 2 rings (SSSR count). The maximum Gasteiger partial charge on any atom is 0.224 e. The van der Waals surface area contributed by atoms with Crippen molar-refractivity contribution in [2.75, 3.05) is 17.2 Å². The molecule has 4 nitrogen and oxygen atoms in total. The zero-order valence-electron chi connectivity index (χ0n) is 11.0. The fourth-order valence-electron chi connectivity index (χ4n) is 1.74. The number of benzene rings is 1. The molecule has 0 aliphatic heterocycles. The minimum atomic E-state index is 0.182. The largest absolute Gasteiger partial charge is 0.362 e. The molecule has 1 unspecified atom stereocenters. The van der Waals surface area contributed by atoms with Crippen molar-refractivity contribution in [3.63, 3.8) is 0 Å². The van der Waals surface area contributed by atoms with E-state index < -0.39 is 0 Å². The Kier molecular flexibility index (Phi) is 4.74. The van der Waals surface area contributed by atoms with E-state index in [0.29, 0.717) is 5.95 Å². The highest BCUT2D eigenvalue weighted by Crippen LogP contribution is 2.24. The topological polar surface area (TPSA) is 49.8 Å². The van der Waals surface area contributed by atoms with E-state index in [1.165, 1.54) is 5.56 Å². The van der Waals surface area contributed by atoms with Crippen LogP contribution >= 0.6 is 15.9 Å². The fraction of sp³-hybridized carbons (Fsp3) is 0.286. The maximum absolute atomic E-state index is 4.45. The van der Waals surface area contributed by atoms with E-state index in [-0.39, 0.29) is 6.04 Å². The summed E-state index contributed by atoms with van der Waals surface area (Å²) in [6.07, 6.45) is 1.76. The van der Waals surface area contributed by atoms with Gasteiger partial charge in [0.2, 0.25) is 5.95 Å². The van der Waals surface area contributed by atoms with E-state index >= 15 is 0 Å². The highest BCUT2D eigenvalue weighted by Gasteiger charge is 2.09. The predicted molar refractivity (Wildman–Crippen MR) is 82.4 cm³/mol. The number of nitrogens with one attached hydrogen (secondary N) is 2. The van der Waals surface area contributed by atoms with Crippen LogP contribution in [0.4, 0.5) is 11.8 Å². The standard InChI is InChI=1S/C14H17BrN4/c1-3-16-14-17-9-12(15)13(19-14)18-10(2)11-7-5-4-6-8-11/h4-10H,3H2,1-2H3,(H2,16,17,18,19). The molecule has 0 saturated heterocycles. The molecule has 100 valence electrons. The first kappa shape index (κ1) is 13.8. The van der Waals surface area contributed by atoms with Gasteiger partial charge in [-0.25, -0.2) is 4.98 Å². The molecule has 0 spiro atoms. The van der Waals surface area contributed by atoms with Crippen LogP contribution in [0, 0.1) is 0 Å². The highest BCUT2D eigenvalue weighted by molar-refractivity contribution is 9.10. The average molecular weight is 321 g/mol. The number of nitrogens with zero attached hydrogens (tertiary/aromatic N) is 2. The molecule has 0 aliphatic carbocycles. The minimum absolute atomic E-state index is 0.182. The van der Waals surface area contributed by atoms with E-state index in [9.17, 15) is 0 Å². The second-order valence-corrected chi connectivity index (χ2v) is 5.05. The van der Waals surface area contributed by atoms with Gasteiger partial charge in [0.25, 0.3) is 0 Å². The minimum Gasteiger partial charge on any atom is -0.362 e. The Morgan fingerprint density at radius 3 is 2.68 bits per heavy atom. The molecule has 0 radical (unpaired) electrons. The maximum atomic E-state index is 4.45. The second-order valence-electron chi connectivity index (χ2n) is 4.20. The van der Waals surface area contributed by atoms with Gasteiger partial charge in [-0.05, 0) is 35.3 Å². The van der Waals surface area contributed by atoms with Gasteiger partial charge in [0.05, 0.1) is 4.47 Å². The fourth-order valence-corrected chi connectivity index (χ4v) is 2.05. The molecular formula is C14H17BrN4. The Labute approximate surface area is 121 Å². The number of anilines is 2. The van der Waals surface area contributed by atoms with Crippen molar-refractivity contribution in [1.82, 2.24) is 9.97 Å². The van der Waals surface area contributed by atoms with Crippen molar-refractivity contribution in [3.05, 3.63) is 46.6 Å². The van der Waals surface area contributed by atoms with Gasteiger partial charge in [0, 0.05) is 18.8 Å². The number of hydrogen-bond acceptors (Lipinski definition) is 4. The second kappa shape index (κ2) is 6.52. The summed E-state index contributed by atoms with van der Waals surface area (Å²) < 4.78 is 0.858. The van der Waals surface area contributed by atoms with Crippen LogP contribution in [-0.4, -0.2) is 16.5 Å². The quantitative estimate of drug-likeness (QED) is 0.878. The Morgan fingerprint density at radius 1 is 1.26 bits per heavy atom. The zero-order valence-corrected chi connectivity index (χ0v) is 12.6. The lowest BCUT2D eigenvalue weighted by Crippen LogP contribution is -2.10. The Balaban J connectivity index is 2.16. The molecular weight excluding hydrogens is 304 g/mol. The van der Waals surface area contributed by atoms with Crippen LogP contribution in [0.1, 0.15) is 25.5 Å². The molecule has 0 aliphatic rings. The summed E-state index contributed by atoms with van der Waals surface area (Å²) in [7, 11) is 0. The first-order valence-electron chi connectivity index (χ1n) is 6.28. The first-order chi connectivity index (χ1) is 9.20. The van der Waals surface area contributed by atoms with Gasteiger partial charge in [-0.2, -0.15) is 4.98 Å². The number of halogens is 1. The lowest BCUT2D eigenvalue weighted by Gasteiger charge is -2.16. The van der Waals surface area contributed by atoms with Crippen molar-refractivity contribution >= 4 is 27.7 Å². The third-order valence-corrected chi connectivity index (χ3v) is 3.31. The summed E-state index contributed by atoms with van der Waals surface area (Å²) in [5.41, 5.74) is 1.22. The normalized spacial score (nSPS) is 11.9. The summed E-state index contributed by atoms with van der Waals surface area (Å²) in [5, 5.41) is 6.49. The molecule has 2 N–H and O–H groups in total. The lowest BCUT2D eigenvalue weighted by molar-refractivity contribution is 0.869. The summed E-state index contributed by atoms with van der Waals surface area (Å²) in [6, 6.07) is 10.5. The van der Waals surface area contributed by atoms with E-state index in [4.69, 9.17) is 0 Å². The van der Waals surface area contributed by atoms with Gasteiger partial charge in [0.1, 0.15) is 5.82 Å². The molecule has 19 heavy (non-hydrogen) atoms. The molecule has 1 aromatic heterocycles. The van der Waals surface area contributed by atoms with E-state index in [1.807, 2.05) is 25.1 Å². The van der Waals surface area contributed by atoms with Crippen LogP contribution in [0.3, 0.4) is 0 Å². The Morgan fingerprint density at radius 2 is 2.00 bits per heavy atom. The molecule has 0 fully saturated rings. The highest BCUT2D eigenvalue weighted by atomic mass is 79.9. The van der Waals surface area contributed by atoms with Crippen molar-refractivity contribution in [3.8, 4) is 0 Å².